The van der Waals surface area contributed by atoms with Gasteiger partial charge in [0.05, 0.1) is 17.1 Å². The number of nitrogens with one attached hydrogen (secondary N) is 1. The summed E-state index contributed by atoms with van der Waals surface area (Å²) in [7, 11) is 0. The van der Waals surface area contributed by atoms with Crippen molar-refractivity contribution in [1.29, 1.82) is 0 Å². The molecule has 2 amide bonds. The number of hydrogen-bond donors (Lipinski definition) is 1. The number of nitrogens with zero attached hydrogens (tertiary/aromatic N) is 4. The Labute approximate surface area is 151 Å². The van der Waals surface area contributed by atoms with Crippen LogP contribution in [0.5, 0.6) is 0 Å². The van der Waals surface area contributed by atoms with Crippen LogP contribution in [0, 0.1) is 5.92 Å². The van der Waals surface area contributed by atoms with Gasteiger partial charge in [0, 0.05) is 51.2 Å². The Morgan fingerprint density at radius 3 is 3.00 bits per heavy atom. The second-order valence-corrected chi connectivity index (χ2v) is 6.54. The van der Waals surface area contributed by atoms with Gasteiger partial charge < -0.3 is 10.2 Å². The molecule has 2 aromatic heterocycles. The Balaban J connectivity index is 1.41. The molecule has 132 valence electrons. The zero-order chi connectivity index (χ0) is 17.6. The van der Waals surface area contributed by atoms with E-state index < -0.39 is 0 Å². The van der Waals surface area contributed by atoms with Gasteiger partial charge in [-0.3, -0.25) is 19.3 Å². The minimum atomic E-state index is -0.289. The number of carbonyl (C=O) groups excluding carboxylic acids is 2. The van der Waals surface area contributed by atoms with Gasteiger partial charge in [-0.2, -0.15) is 5.10 Å². The molecule has 8 heteroatoms. The summed E-state index contributed by atoms with van der Waals surface area (Å²) < 4.78 is 1.74. The fourth-order valence-electron chi connectivity index (χ4n) is 2.87. The highest BCUT2D eigenvalue weighted by atomic mass is 35.5. The Morgan fingerprint density at radius 2 is 2.28 bits per heavy atom. The Morgan fingerprint density at radius 1 is 1.40 bits per heavy atom. The first kappa shape index (κ1) is 17.4. The lowest BCUT2D eigenvalue weighted by Crippen LogP contribution is -2.33. The molecule has 1 aliphatic rings. The van der Waals surface area contributed by atoms with E-state index in [2.05, 4.69) is 15.4 Å². The Hall–Kier alpha value is -2.41. The van der Waals surface area contributed by atoms with Crippen LogP contribution in [0.2, 0.25) is 5.02 Å². The molecule has 3 heterocycles. The zero-order valence-corrected chi connectivity index (χ0v) is 14.5. The summed E-state index contributed by atoms with van der Waals surface area (Å²) in [6.07, 6.45) is 7.78. The van der Waals surface area contributed by atoms with Gasteiger partial charge in [0.2, 0.25) is 11.8 Å². The van der Waals surface area contributed by atoms with Crippen LogP contribution in [-0.2, 0) is 22.7 Å². The fraction of sp³-hybridized carbons (Fsp3) is 0.412. The first-order chi connectivity index (χ1) is 12.1. The van der Waals surface area contributed by atoms with E-state index in [-0.39, 0.29) is 24.2 Å². The largest absolute Gasteiger partial charge is 0.356 e. The van der Waals surface area contributed by atoms with E-state index in [1.54, 1.807) is 34.4 Å². The highest BCUT2D eigenvalue weighted by molar-refractivity contribution is 6.30. The Kier molecular flexibility index (Phi) is 5.65. The molecule has 0 aromatic carbocycles. The van der Waals surface area contributed by atoms with Gasteiger partial charge in [-0.1, -0.05) is 17.7 Å². The molecule has 1 aliphatic heterocycles. The first-order valence-corrected chi connectivity index (χ1v) is 8.62. The molecule has 25 heavy (non-hydrogen) atoms. The molecule has 0 radical (unpaired) electrons. The summed E-state index contributed by atoms with van der Waals surface area (Å²) in [5.74, 6) is -0.348. The molecule has 1 N–H and O–H groups in total. The fourth-order valence-corrected chi connectivity index (χ4v) is 3.03. The lowest BCUT2D eigenvalue weighted by Gasteiger charge is -2.16. The molecule has 1 atom stereocenters. The quantitative estimate of drug-likeness (QED) is 0.758. The van der Waals surface area contributed by atoms with Crippen LogP contribution in [0.4, 0.5) is 0 Å². The van der Waals surface area contributed by atoms with Gasteiger partial charge >= 0.3 is 0 Å². The molecule has 0 saturated carbocycles. The van der Waals surface area contributed by atoms with Crippen LogP contribution >= 0.6 is 11.6 Å². The zero-order valence-electron chi connectivity index (χ0n) is 13.8. The third-order valence-corrected chi connectivity index (χ3v) is 4.34. The second kappa shape index (κ2) is 8.11. The van der Waals surface area contributed by atoms with Crippen LogP contribution in [0.1, 0.15) is 18.4 Å². The molecule has 0 spiro atoms. The van der Waals surface area contributed by atoms with E-state index in [0.717, 1.165) is 12.0 Å². The third kappa shape index (κ3) is 4.79. The van der Waals surface area contributed by atoms with E-state index in [1.165, 1.54) is 0 Å². The Bertz CT molecular complexity index is 734. The lowest BCUT2D eigenvalue weighted by molar-refractivity contribution is -0.129. The van der Waals surface area contributed by atoms with Crippen LogP contribution in [0.25, 0.3) is 0 Å². The number of halogens is 1. The predicted octanol–water partition coefficient (Wildman–Crippen LogP) is 1.49. The lowest BCUT2D eigenvalue weighted by atomic mass is 10.1. The number of likely N-dealkylation sites (tertiary alicyclic amines) is 1. The average molecular weight is 362 g/mol. The van der Waals surface area contributed by atoms with Crippen LogP contribution < -0.4 is 5.32 Å². The number of aryl methyl sites for hydroxylation is 1. The number of amides is 2. The molecule has 7 nitrogen and oxygen atoms in total. The summed E-state index contributed by atoms with van der Waals surface area (Å²) in [5, 5.41) is 7.59. The van der Waals surface area contributed by atoms with E-state index in [9.17, 15) is 9.59 Å². The highest BCUT2D eigenvalue weighted by Gasteiger charge is 2.33. The van der Waals surface area contributed by atoms with Crippen LogP contribution in [0.3, 0.4) is 0 Å². The minimum absolute atomic E-state index is 0.00943. The maximum absolute atomic E-state index is 12.3. The van der Waals surface area contributed by atoms with Gasteiger partial charge in [0.15, 0.2) is 0 Å². The van der Waals surface area contributed by atoms with Crippen molar-refractivity contribution in [1.82, 2.24) is 25.0 Å². The van der Waals surface area contributed by atoms with Crippen molar-refractivity contribution in [2.45, 2.75) is 25.9 Å². The van der Waals surface area contributed by atoms with Gasteiger partial charge in [0.25, 0.3) is 0 Å². The molecular formula is C17H20ClN5O2. The number of pyridine rings is 1. The van der Waals surface area contributed by atoms with Gasteiger partial charge in [-0.25, -0.2) is 0 Å². The van der Waals surface area contributed by atoms with Crippen molar-refractivity contribution in [3.8, 4) is 0 Å². The molecule has 2 aromatic rings. The summed E-state index contributed by atoms with van der Waals surface area (Å²) in [4.78, 5) is 30.1. The van der Waals surface area contributed by atoms with E-state index >= 15 is 0 Å². The average Bonchev–Trinajstić information content (AvgIpc) is 3.18. The van der Waals surface area contributed by atoms with E-state index in [0.29, 0.717) is 31.2 Å². The number of rotatable bonds is 7. The molecule has 1 fully saturated rings. The van der Waals surface area contributed by atoms with Crippen molar-refractivity contribution in [3.05, 3.63) is 47.5 Å². The van der Waals surface area contributed by atoms with Crippen molar-refractivity contribution < 1.29 is 9.59 Å². The highest BCUT2D eigenvalue weighted by Crippen LogP contribution is 2.20. The van der Waals surface area contributed by atoms with Crippen molar-refractivity contribution in [2.24, 2.45) is 5.92 Å². The van der Waals surface area contributed by atoms with Gasteiger partial charge in [-0.05, 0) is 18.1 Å². The minimum Gasteiger partial charge on any atom is -0.356 e. The SMILES string of the molecule is O=C(NCCCn1cc(Cl)cn1)[C@@H]1CC(=O)N(Cc2cccnc2)C1. The van der Waals surface area contributed by atoms with Gasteiger partial charge in [-0.15, -0.1) is 0 Å². The molecular weight excluding hydrogens is 342 g/mol. The normalized spacial score (nSPS) is 17.1. The number of carbonyl (C=O) groups is 2. The maximum Gasteiger partial charge on any atom is 0.225 e. The first-order valence-electron chi connectivity index (χ1n) is 8.24. The number of aromatic nitrogens is 3. The maximum atomic E-state index is 12.3. The molecule has 3 rings (SSSR count). The van der Waals surface area contributed by atoms with E-state index in [1.807, 2.05) is 12.1 Å². The third-order valence-electron chi connectivity index (χ3n) is 4.15. The van der Waals surface area contributed by atoms with Crippen molar-refractivity contribution in [3.63, 3.8) is 0 Å². The van der Waals surface area contributed by atoms with Crippen molar-refractivity contribution in [2.75, 3.05) is 13.1 Å². The molecule has 0 bridgehead atoms. The van der Waals surface area contributed by atoms with E-state index in [4.69, 9.17) is 11.6 Å². The van der Waals surface area contributed by atoms with Crippen LogP contribution in [0.15, 0.2) is 36.9 Å². The standard InChI is InChI=1S/C17H20ClN5O2/c18-15-9-21-23(12-15)6-2-5-20-17(25)14-7-16(24)22(11-14)10-13-3-1-4-19-8-13/h1,3-4,8-9,12,14H,2,5-7,10-11H2,(H,20,25)/t14-/m1/s1. The summed E-state index contributed by atoms with van der Waals surface area (Å²) >= 11 is 5.80. The second-order valence-electron chi connectivity index (χ2n) is 6.10. The smallest absolute Gasteiger partial charge is 0.225 e. The summed E-state index contributed by atoms with van der Waals surface area (Å²) in [6.45, 7) is 2.18. The van der Waals surface area contributed by atoms with Crippen LogP contribution in [-0.4, -0.2) is 44.6 Å². The molecule has 0 aliphatic carbocycles. The number of hydrogen-bond acceptors (Lipinski definition) is 4. The molecule has 0 unspecified atom stereocenters. The predicted molar refractivity (Wildman–Crippen MR) is 92.6 cm³/mol. The summed E-state index contributed by atoms with van der Waals surface area (Å²) in [6, 6.07) is 3.77. The molecule has 1 saturated heterocycles. The topological polar surface area (TPSA) is 80.1 Å². The summed E-state index contributed by atoms with van der Waals surface area (Å²) in [5.41, 5.74) is 0.967. The van der Waals surface area contributed by atoms with Crippen molar-refractivity contribution >= 4 is 23.4 Å². The van der Waals surface area contributed by atoms with Gasteiger partial charge in [0.1, 0.15) is 0 Å². The monoisotopic (exact) mass is 361 g/mol.